The Kier molecular flexibility index (Phi) is 7.59. The van der Waals surface area contributed by atoms with E-state index in [9.17, 15) is 14.7 Å². The van der Waals surface area contributed by atoms with Gasteiger partial charge in [-0.2, -0.15) is 4.68 Å². The van der Waals surface area contributed by atoms with Gasteiger partial charge in [0, 0.05) is 19.3 Å². The third-order valence-electron chi connectivity index (χ3n) is 5.36. The summed E-state index contributed by atoms with van der Waals surface area (Å²) < 4.78 is 28.3. The molecule has 0 saturated carbocycles. The van der Waals surface area contributed by atoms with Gasteiger partial charge in [-0.15, -0.1) is 5.10 Å². The number of ether oxygens (including phenoxy) is 2. The summed E-state index contributed by atoms with van der Waals surface area (Å²) in [5, 5.41) is 17.2. The summed E-state index contributed by atoms with van der Waals surface area (Å²) in [5.41, 5.74) is -1.32. The number of aryl methyl sites for hydroxylation is 1. The van der Waals surface area contributed by atoms with Crippen molar-refractivity contribution in [1.82, 2.24) is 19.3 Å². The van der Waals surface area contributed by atoms with E-state index in [1.165, 1.54) is 34.1 Å². The number of halogens is 1. The average molecular weight is 488 g/mol. The Hall–Kier alpha value is -3.73. The van der Waals surface area contributed by atoms with Gasteiger partial charge in [-0.25, -0.2) is 14.2 Å². The van der Waals surface area contributed by atoms with E-state index < -0.39 is 23.0 Å². The van der Waals surface area contributed by atoms with Gasteiger partial charge in [-0.05, 0) is 44.9 Å². The fourth-order valence-corrected chi connectivity index (χ4v) is 3.48. The van der Waals surface area contributed by atoms with Crippen LogP contribution in [0.1, 0.15) is 55.4 Å². The van der Waals surface area contributed by atoms with Crippen LogP contribution in [0.15, 0.2) is 29.2 Å². The molecule has 2 heterocycles. The van der Waals surface area contributed by atoms with Gasteiger partial charge in [0.05, 0.1) is 19.3 Å². The molecule has 3 aromatic rings. The van der Waals surface area contributed by atoms with Gasteiger partial charge in [-0.1, -0.05) is 13.3 Å². The van der Waals surface area contributed by atoms with Crippen molar-refractivity contribution >= 4 is 11.6 Å². The number of aromatic nitrogens is 4. The Morgan fingerprint density at radius 2 is 2.03 bits per heavy atom. The maximum absolute atomic E-state index is 15.3. The van der Waals surface area contributed by atoms with Crippen LogP contribution in [0.3, 0.4) is 0 Å². The van der Waals surface area contributed by atoms with E-state index in [-0.39, 0.29) is 35.3 Å². The third-order valence-corrected chi connectivity index (χ3v) is 5.36. The molecule has 0 fully saturated rings. The van der Waals surface area contributed by atoms with Crippen LogP contribution in [-0.2, 0) is 12.6 Å². The summed E-state index contributed by atoms with van der Waals surface area (Å²) in [4.78, 5) is 30.0. The molecule has 0 atom stereocenters. The number of methoxy groups -OCH3 is 1. The summed E-state index contributed by atoms with van der Waals surface area (Å²) in [6.07, 6.45) is 3.09. The summed E-state index contributed by atoms with van der Waals surface area (Å²) in [6.45, 7) is 6.98. The molecule has 0 saturated heterocycles. The van der Waals surface area contributed by atoms with Gasteiger partial charge in [0.1, 0.15) is 28.5 Å². The van der Waals surface area contributed by atoms with Crippen LogP contribution in [0.2, 0.25) is 0 Å². The number of aliphatic hydroxyl groups is 1. The lowest BCUT2D eigenvalue weighted by Gasteiger charge is -2.16. The summed E-state index contributed by atoms with van der Waals surface area (Å²) in [6, 6.07) is 3.96. The number of amides is 1. The van der Waals surface area contributed by atoms with Gasteiger partial charge in [0.2, 0.25) is 5.88 Å². The minimum atomic E-state index is -1.43. The fourth-order valence-electron chi connectivity index (χ4n) is 3.48. The van der Waals surface area contributed by atoms with Gasteiger partial charge in [-0.3, -0.25) is 9.36 Å². The molecule has 0 bridgehead atoms. The number of unbranched alkanes of at least 4 members (excludes halogenated alkanes) is 1. The van der Waals surface area contributed by atoms with Crippen molar-refractivity contribution < 1.29 is 23.8 Å². The van der Waals surface area contributed by atoms with Gasteiger partial charge in [0.15, 0.2) is 5.82 Å². The molecule has 1 amide bonds. The van der Waals surface area contributed by atoms with E-state index in [1.807, 2.05) is 6.92 Å². The standard InChI is InChI=1S/C24H30FN5O5/c1-7-8-11-35-18-13-17(30-23(32)29(5)22(28-30)24(3,4)33)16(25)12-15(18)20(31)27-19-14(2)9-10-26-21(19)34-6/h9-10,12-13,33H,7-8,11H2,1-6H3,(H,27,31). The van der Waals surface area contributed by atoms with E-state index >= 15 is 4.39 Å². The number of hydrogen-bond acceptors (Lipinski definition) is 7. The SMILES string of the molecule is CCCCOc1cc(-n2nc(C(C)(C)O)n(C)c2=O)c(F)cc1C(=O)Nc1c(C)ccnc1OC. The number of nitrogens with zero attached hydrogens (tertiary/aromatic N) is 4. The molecule has 3 rings (SSSR count). The highest BCUT2D eigenvalue weighted by Crippen LogP contribution is 2.30. The molecular weight excluding hydrogens is 457 g/mol. The first-order valence-electron chi connectivity index (χ1n) is 11.2. The minimum absolute atomic E-state index is 0.0521. The highest BCUT2D eigenvalue weighted by molar-refractivity contribution is 6.07. The number of benzene rings is 1. The second kappa shape index (κ2) is 10.3. The van der Waals surface area contributed by atoms with Gasteiger partial charge in [0.25, 0.3) is 5.91 Å². The lowest BCUT2D eigenvalue weighted by Crippen LogP contribution is -2.26. The number of carbonyl (C=O) groups is 1. The Balaban J connectivity index is 2.10. The third kappa shape index (κ3) is 5.35. The maximum atomic E-state index is 15.3. The molecule has 11 heteroatoms. The van der Waals surface area contributed by atoms with Crippen molar-refractivity contribution in [2.45, 2.75) is 46.1 Å². The smallest absolute Gasteiger partial charge is 0.350 e. The highest BCUT2D eigenvalue weighted by atomic mass is 19.1. The van der Waals surface area contributed by atoms with Crippen molar-refractivity contribution in [3.05, 3.63) is 57.6 Å². The first kappa shape index (κ1) is 25.9. The van der Waals surface area contributed by atoms with Crippen LogP contribution in [0.4, 0.5) is 10.1 Å². The quantitative estimate of drug-likeness (QED) is 0.445. The van der Waals surface area contributed by atoms with Crippen molar-refractivity contribution in [2.75, 3.05) is 19.0 Å². The lowest BCUT2D eigenvalue weighted by molar-refractivity contribution is 0.0649. The maximum Gasteiger partial charge on any atom is 0.350 e. The molecule has 10 nitrogen and oxygen atoms in total. The van der Waals surface area contributed by atoms with Crippen molar-refractivity contribution in [3.63, 3.8) is 0 Å². The van der Waals surface area contributed by atoms with Crippen LogP contribution >= 0.6 is 0 Å². The second-order valence-corrected chi connectivity index (χ2v) is 8.60. The van der Waals surface area contributed by atoms with Crippen molar-refractivity contribution in [2.24, 2.45) is 7.05 Å². The predicted molar refractivity (Wildman–Crippen MR) is 128 cm³/mol. The molecule has 0 unspecified atom stereocenters. The Labute approximate surface area is 202 Å². The zero-order chi connectivity index (χ0) is 25.9. The molecule has 0 aliphatic rings. The van der Waals surface area contributed by atoms with Crippen LogP contribution in [0, 0.1) is 12.7 Å². The number of carbonyl (C=O) groups excluding carboxylic acids is 1. The van der Waals surface area contributed by atoms with Crippen molar-refractivity contribution in [1.29, 1.82) is 0 Å². The summed E-state index contributed by atoms with van der Waals surface area (Å²) in [7, 11) is 2.86. The first-order valence-corrected chi connectivity index (χ1v) is 11.2. The molecule has 0 radical (unpaired) electrons. The molecule has 2 aromatic heterocycles. The van der Waals surface area contributed by atoms with E-state index in [0.717, 1.165) is 21.7 Å². The van der Waals surface area contributed by atoms with Crippen LogP contribution in [-0.4, -0.2) is 44.1 Å². The normalized spacial score (nSPS) is 11.4. The lowest BCUT2D eigenvalue weighted by atomic mass is 10.1. The average Bonchev–Trinajstić information content (AvgIpc) is 3.10. The molecule has 188 valence electrons. The Morgan fingerprint density at radius 3 is 2.63 bits per heavy atom. The number of nitrogens with one attached hydrogen (secondary N) is 1. The number of pyridine rings is 1. The molecule has 0 spiro atoms. The van der Waals surface area contributed by atoms with Crippen LogP contribution in [0.5, 0.6) is 11.6 Å². The van der Waals surface area contributed by atoms with Crippen LogP contribution in [0.25, 0.3) is 5.69 Å². The van der Waals surface area contributed by atoms with Gasteiger partial charge >= 0.3 is 5.69 Å². The predicted octanol–water partition coefficient (Wildman–Crippen LogP) is 3.08. The molecule has 0 aliphatic carbocycles. The Bertz CT molecular complexity index is 1290. The number of rotatable bonds is 9. The minimum Gasteiger partial charge on any atom is -0.493 e. The molecular formula is C24H30FN5O5. The molecule has 0 aliphatic heterocycles. The molecule has 35 heavy (non-hydrogen) atoms. The first-order chi connectivity index (χ1) is 16.5. The summed E-state index contributed by atoms with van der Waals surface area (Å²) >= 11 is 0. The number of anilines is 1. The summed E-state index contributed by atoms with van der Waals surface area (Å²) in [5.74, 6) is -1.16. The van der Waals surface area contributed by atoms with Crippen molar-refractivity contribution in [3.8, 4) is 17.3 Å². The Morgan fingerprint density at radius 1 is 1.31 bits per heavy atom. The zero-order valence-corrected chi connectivity index (χ0v) is 20.7. The van der Waals surface area contributed by atoms with Crippen LogP contribution < -0.4 is 20.5 Å². The van der Waals surface area contributed by atoms with E-state index in [2.05, 4.69) is 15.4 Å². The molecule has 2 N–H and O–H groups in total. The van der Waals surface area contributed by atoms with E-state index in [0.29, 0.717) is 17.7 Å². The topological polar surface area (TPSA) is 120 Å². The fraction of sp³-hybridized carbons (Fsp3) is 0.417. The van der Waals surface area contributed by atoms with E-state index in [4.69, 9.17) is 9.47 Å². The number of hydrogen-bond donors (Lipinski definition) is 2. The zero-order valence-electron chi connectivity index (χ0n) is 20.7. The monoisotopic (exact) mass is 487 g/mol. The largest absolute Gasteiger partial charge is 0.493 e. The van der Waals surface area contributed by atoms with E-state index in [1.54, 1.807) is 19.2 Å². The highest BCUT2D eigenvalue weighted by Gasteiger charge is 2.27. The van der Waals surface area contributed by atoms with Gasteiger partial charge < -0.3 is 19.9 Å². The molecule has 1 aromatic carbocycles. The second-order valence-electron chi connectivity index (χ2n) is 8.60.